The molecule has 0 saturated carbocycles. The molecule has 1 aromatic rings. The Hall–Kier alpha value is -1.06. The van der Waals surface area contributed by atoms with Gasteiger partial charge in [0.1, 0.15) is 5.75 Å². The van der Waals surface area contributed by atoms with E-state index in [0.717, 1.165) is 24.3 Å². The monoisotopic (exact) mass is 251 g/mol. The van der Waals surface area contributed by atoms with E-state index in [1.165, 1.54) is 11.1 Å². The van der Waals surface area contributed by atoms with Gasteiger partial charge in [0.15, 0.2) is 0 Å². The SMILES string of the molecule is COc1c(C)cc(C)cc1CNC(C)(C)CCO. The third-order valence-corrected chi connectivity index (χ3v) is 3.19. The highest BCUT2D eigenvalue weighted by molar-refractivity contribution is 5.43. The fraction of sp³-hybridized carbons (Fsp3) is 0.600. The molecule has 0 aromatic heterocycles. The third kappa shape index (κ3) is 4.00. The van der Waals surface area contributed by atoms with E-state index < -0.39 is 0 Å². The van der Waals surface area contributed by atoms with Crippen molar-refractivity contribution in [3.05, 3.63) is 28.8 Å². The molecular weight excluding hydrogens is 226 g/mol. The van der Waals surface area contributed by atoms with E-state index >= 15 is 0 Å². The lowest BCUT2D eigenvalue weighted by Gasteiger charge is -2.26. The molecule has 2 N–H and O–H groups in total. The van der Waals surface area contributed by atoms with Crippen LogP contribution >= 0.6 is 0 Å². The zero-order valence-corrected chi connectivity index (χ0v) is 12.1. The highest BCUT2D eigenvalue weighted by atomic mass is 16.5. The second kappa shape index (κ2) is 6.21. The summed E-state index contributed by atoms with van der Waals surface area (Å²) in [4.78, 5) is 0. The fourth-order valence-corrected chi connectivity index (χ4v) is 2.17. The van der Waals surface area contributed by atoms with Crippen molar-refractivity contribution in [2.24, 2.45) is 0 Å². The Balaban J connectivity index is 2.84. The van der Waals surface area contributed by atoms with Crippen LogP contribution in [-0.2, 0) is 6.54 Å². The summed E-state index contributed by atoms with van der Waals surface area (Å²) < 4.78 is 5.47. The Morgan fingerprint density at radius 2 is 1.94 bits per heavy atom. The molecule has 18 heavy (non-hydrogen) atoms. The van der Waals surface area contributed by atoms with Crippen LogP contribution in [0.1, 0.15) is 37.0 Å². The normalized spacial score (nSPS) is 11.7. The maximum absolute atomic E-state index is 9.02. The molecule has 0 aliphatic heterocycles. The van der Waals surface area contributed by atoms with Crippen LogP contribution in [0.4, 0.5) is 0 Å². The molecule has 0 aliphatic carbocycles. The molecule has 0 saturated heterocycles. The van der Waals surface area contributed by atoms with Crippen molar-refractivity contribution in [2.75, 3.05) is 13.7 Å². The summed E-state index contributed by atoms with van der Waals surface area (Å²) in [5.41, 5.74) is 3.50. The number of rotatable bonds is 6. The van der Waals surface area contributed by atoms with Gasteiger partial charge in [0.2, 0.25) is 0 Å². The van der Waals surface area contributed by atoms with Crippen molar-refractivity contribution in [1.29, 1.82) is 0 Å². The first-order chi connectivity index (χ1) is 8.39. The molecule has 0 spiro atoms. The van der Waals surface area contributed by atoms with Gasteiger partial charge in [0.05, 0.1) is 7.11 Å². The van der Waals surface area contributed by atoms with Crippen molar-refractivity contribution in [2.45, 2.75) is 46.2 Å². The van der Waals surface area contributed by atoms with Gasteiger partial charge in [0, 0.05) is 24.3 Å². The van der Waals surface area contributed by atoms with Crippen LogP contribution in [0.15, 0.2) is 12.1 Å². The minimum Gasteiger partial charge on any atom is -0.496 e. The number of aliphatic hydroxyl groups excluding tert-OH is 1. The molecule has 3 nitrogen and oxygen atoms in total. The van der Waals surface area contributed by atoms with Crippen LogP contribution in [0.25, 0.3) is 0 Å². The summed E-state index contributed by atoms with van der Waals surface area (Å²) >= 11 is 0. The Bertz CT molecular complexity index is 400. The summed E-state index contributed by atoms with van der Waals surface area (Å²) in [6.07, 6.45) is 0.736. The maximum atomic E-state index is 9.02. The van der Waals surface area contributed by atoms with Crippen molar-refractivity contribution in [3.63, 3.8) is 0 Å². The molecule has 0 unspecified atom stereocenters. The lowest BCUT2D eigenvalue weighted by Crippen LogP contribution is -2.39. The highest BCUT2D eigenvalue weighted by Crippen LogP contribution is 2.25. The lowest BCUT2D eigenvalue weighted by molar-refractivity contribution is 0.229. The van der Waals surface area contributed by atoms with Gasteiger partial charge in [-0.3, -0.25) is 0 Å². The largest absolute Gasteiger partial charge is 0.496 e. The standard InChI is InChI=1S/C15H25NO2/c1-11-8-12(2)14(18-5)13(9-11)10-16-15(3,4)6-7-17/h8-9,16-17H,6-7,10H2,1-5H3. The third-order valence-electron chi connectivity index (χ3n) is 3.19. The second-order valence-corrected chi connectivity index (χ2v) is 5.49. The summed E-state index contributed by atoms with van der Waals surface area (Å²) in [7, 11) is 1.71. The van der Waals surface area contributed by atoms with Crippen LogP contribution < -0.4 is 10.1 Å². The predicted octanol–water partition coefficient (Wildman–Crippen LogP) is 2.56. The lowest BCUT2D eigenvalue weighted by atomic mass is 9.99. The maximum Gasteiger partial charge on any atom is 0.126 e. The van der Waals surface area contributed by atoms with Crippen molar-refractivity contribution in [1.82, 2.24) is 5.32 Å². The molecule has 0 bridgehead atoms. The van der Waals surface area contributed by atoms with E-state index in [1.54, 1.807) is 7.11 Å². The van der Waals surface area contributed by atoms with E-state index in [2.05, 4.69) is 45.1 Å². The van der Waals surface area contributed by atoms with Crippen LogP contribution in [0.2, 0.25) is 0 Å². The molecular formula is C15H25NO2. The first kappa shape index (κ1) is 15.0. The van der Waals surface area contributed by atoms with Gasteiger partial charge in [-0.05, 0) is 39.7 Å². The summed E-state index contributed by atoms with van der Waals surface area (Å²) in [5.74, 6) is 0.952. The summed E-state index contributed by atoms with van der Waals surface area (Å²) in [6.45, 7) is 9.29. The van der Waals surface area contributed by atoms with Gasteiger partial charge in [0.25, 0.3) is 0 Å². The molecule has 102 valence electrons. The highest BCUT2D eigenvalue weighted by Gasteiger charge is 2.17. The Morgan fingerprint density at radius 1 is 1.28 bits per heavy atom. The molecule has 0 atom stereocenters. The van der Waals surface area contributed by atoms with E-state index in [9.17, 15) is 0 Å². The minimum absolute atomic E-state index is 0.0720. The fourth-order valence-electron chi connectivity index (χ4n) is 2.17. The Morgan fingerprint density at radius 3 is 2.50 bits per heavy atom. The molecule has 0 amide bonds. The van der Waals surface area contributed by atoms with Crippen LogP contribution in [0.3, 0.4) is 0 Å². The van der Waals surface area contributed by atoms with Crippen LogP contribution in [0, 0.1) is 13.8 Å². The topological polar surface area (TPSA) is 41.5 Å². The average molecular weight is 251 g/mol. The van der Waals surface area contributed by atoms with Crippen LogP contribution in [0.5, 0.6) is 5.75 Å². The summed E-state index contributed by atoms with van der Waals surface area (Å²) in [6, 6.07) is 4.27. The number of hydrogen-bond donors (Lipinski definition) is 2. The Labute approximate surface area is 110 Å². The van der Waals surface area contributed by atoms with Gasteiger partial charge < -0.3 is 15.2 Å². The first-order valence-electron chi connectivity index (χ1n) is 6.39. The second-order valence-electron chi connectivity index (χ2n) is 5.49. The molecule has 0 radical (unpaired) electrons. The minimum atomic E-state index is -0.0720. The molecule has 0 fully saturated rings. The van der Waals surface area contributed by atoms with Crippen LogP contribution in [-0.4, -0.2) is 24.4 Å². The smallest absolute Gasteiger partial charge is 0.126 e. The van der Waals surface area contributed by atoms with Gasteiger partial charge in [-0.1, -0.05) is 17.7 Å². The quantitative estimate of drug-likeness (QED) is 0.816. The molecule has 1 aromatic carbocycles. The first-order valence-corrected chi connectivity index (χ1v) is 6.39. The van der Waals surface area contributed by atoms with Gasteiger partial charge in [-0.25, -0.2) is 0 Å². The van der Waals surface area contributed by atoms with E-state index in [1.807, 2.05) is 0 Å². The number of aliphatic hydroxyl groups is 1. The van der Waals surface area contributed by atoms with E-state index in [0.29, 0.717) is 0 Å². The molecule has 0 aliphatic rings. The molecule has 0 heterocycles. The Kier molecular flexibility index (Phi) is 5.17. The molecule has 3 heteroatoms. The number of methoxy groups -OCH3 is 1. The van der Waals surface area contributed by atoms with Crippen molar-refractivity contribution in [3.8, 4) is 5.75 Å². The number of nitrogens with one attached hydrogen (secondary N) is 1. The zero-order valence-electron chi connectivity index (χ0n) is 12.1. The van der Waals surface area contributed by atoms with E-state index in [4.69, 9.17) is 9.84 Å². The zero-order chi connectivity index (χ0) is 13.8. The number of ether oxygens (including phenoxy) is 1. The van der Waals surface area contributed by atoms with E-state index in [-0.39, 0.29) is 12.1 Å². The number of aryl methyl sites for hydroxylation is 2. The van der Waals surface area contributed by atoms with Gasteiger partial charge in [-0.2, -0.15) is 0 Å². The number of benzene rings is 1. The number of hydrogen-bond acceptors (Lipinski definition) is 3. The van der Waals surface area contributed by atoms with Crippen molar-refractivity contribution < 1.29 is 9.84 Å². The molecule has 1 rings (SSSR count). The predicted molar refractivity (Wildman–Crippen MR) is 75.1 cm³/mol. The van der Waals surface area contributed by atoms with Crippen molar-refractivity contribution >= 4 is 0 Å². The average Bonchev–Trinajstić information content (AvgIpc) is 2.26. The van der Waals surface area contributed by atoms with Gasteiger partial charge >= 0.3 is 0 Å². The summed E-state index contributed by atoms with van der Waals surface area (Å²) in [5, 5.41) is 12.5. The van der Waals surface area contributed by atoms with Gasteiger partial charge in [-0.15, -0.1) is 0 Å².